The van der Waals surface area contributed by atoms with Gasteiger partial charge in [0.25, 0.3) is 11.8 Å². The number of benzene rings is 1. The molecule has 1 fully saturated rings. The zero-order chi connectivity index (χ0) is 22.0. The molecule has 1 aromatic rings. The molecule has 8 nitrogen and oxygen atoms in total. The van der Waals surface area contributed by atoms with Crippen LogP contribution < -0.4 is 10.4 Å². The summed E-state index contributed by atoms with van der Waals surface area (Å²) >= 11 is 0. The normalized spacial score (nSPS) is 16.5. The van der Waals surface area contributed by atoms with E-state index in [2.05, 4.69) is 5.43 Å². The van der Waals surface area contributed by atoms with Crippen LogP contribution in [0.2, 0.25) is 0 Å². The number of unbranched alkanes of at least 4 members (excludes halogenated alkanes) is 1. The molecular formula is C21H28N2O6. The van der Waals surface area contributed by atoms with Crippen LogP contribution in [0.1, 0.15) is 52.9 Å². The molecule has 29 heavy (non-hydrogen) atoms. The van der Waals surface area contributed by atoms with Crippen molar-refractivity contribution in [1.29, 1.82) is 0 Å². The Kier molecular flexibility index (Phi) is 9.58. The van der Waals surface area contributed by atoms with Gasteiger partial charge in [-0.15, -0.1) is 0 Å². The highest BCUT2D eigenvalue weighted by Crippen LogP contribution is 2.22. The number of carbonyl (C=O) groups excluding carboxylic acids is 2. The van der Waals surface area contributed by atoms with E-state index in [4.69, 9.17) is 10.2 Å². The van der Waals surface area contributed by atoms with E-state index >= 15 is 0 Å². The fraction of sp³-hybridized carbons (Fsp3) is 0.429. The molecule has 2 amide bonds. The summed E-state index contributed by atoms with van der Waals surface area (Å²) < 4.78 is 0. The summed E-state index contributed by atoms with van der Waals surface area (Å²) in [6.45, 7) is 5.30. The van der Waals surface area contributed by atoms with Crippen LogP contribution >= 0.6 is 0 Å². The Labute approximate surface area is 170 Å². The third-order valence-electron chi connectivity index (χ3n) is 4.51. The number of carbonyl (C=O) groups is 4. The molecule has 1 aliphatic rings. The number of anilines is 1. The molecule has 158 valence electrons. The van der Waals surface area contributed by atoms with E-state index in [9.17, 15) is 19.2 Å². The zero-order valence-corrected chi connectivity index (χ0v) is 17.0. The molecule has 1 unspecified atom stereocenters. The summed E-state index contributed by atoms with van der Waals surface area (Å²) in [5.74, 6) is -3.13. The number of nitrogens with one attached hydrogen (secondary N) is 1. The molecule has 1 atom stereocenters. The van der Waals surface area contributed by atoms with Crippen molar-refractivity contribution < 1.29 is 29.4 Å². The molecule has 0 saturated carbocycles. The van der Waals surface area contributed by atoms with Gasteiger partial charge in [-0.2, -0.15) is 0 Å². The first-order chi connectivity index (χ1) is 13.8. The number of para-hydroxylation sites is 1. The van der Waals surface area contributed by atoms with Crippen LogP contribution in [0.25, 0.3) is 0 Å². The monoisotopic (exact) mass is 404 g/mol. The van der Waals surface area contributed by atoms with Crippen molar-refractivity contribution in [3.63, 3.8) is 0 Å². The lowest BCUT2D eigenvalue weighted by Crippen LogP contribution is -2.35. The van der Waals surface area contributed by atoms with E-state index in [-0.39, 0.29) is 35.8 Å². The summed E-state index contributed by atoms with van der Waals surface area (Å²) in [5, 5.41) is 18.6. The second-order valence-corrected chi connectivity index (χ2v) is 6.45. The Hall–Kier alpha value is -3.16. The Bertz CT molecular complexity index is 749. The number of hydrogen-bond donors (Lipinski definition) is 3. The second kappa shape index (κ2) is 11.6. The molecular weight excluding hydrogens is 376 g/mol. The molecule has 0 aromatic heterocycles. The van der Waals surface area contributed by atoms with Crippen molar-refractivity contribution in [1.82, 2.24) is 5.43 Å². The Morgan fingerprint density at radius 1 is 0.966 bits per heavy atom. The van der Waals surface area contributed by atoms with Gasteiger partial charge >= 0.3 is 11.9 Å². The second-order valence-electron chi connectivity index (χ2n) is 6.45. The minimum atomic E-state index is -1.14. The number of nitrogens with zero attached hydrogens (tertiary/aromatic N) is 1. The Balaban J connectivity index is 0.000000311. The highest BCUT2D eigenvalue weighted by atomic mass is 16.4. The van der Waals surface area contributed by atoms with Crippen molar-refractivity contribution in [3.05, 3.63) is 41.5 Å². The lowest BCUT2D eigenvalue weighted by Gasteiger charge is -2.14. The average molecular weight is 404 g/mol. The van der Waals surface area contributed by atoms with Gasteiger partial charge in [0.15, 0.2) is 0 Å². The summed E-state index contributed by atoms with van der Waals surface area (Å²) in [5.41, 5.74) is 3.32. The van der Waals surface area contributed by atoms with Gasteiger partial charge in [0.05, 0.1) is 5.69 Å². The van der Waals surface area contributed by atoms with Gasteiger partial charge in [-0.25, -0.2) is 14.6 Å². The van der Waals surface area contributed by atoms with Crippen LogP contribution in [0.3, 0.4) is 0 Å². The van der Waals surface area contributed by atoms with E-state index in [1.54, 1.807) is 26.0 Å². The molecule has 1 aliphatic heterocycles. The maximum absolute atomic E-state index is 12.1. The quantitative estimate of drug-likeness (QED) is 0.452. The van der Waals surface area contributed by atoms with Gasteiger partial charge in [0.1, 0.15) is 5.92 Å². The van der Waals surface area contributed by atoms with Crippen LogP contribution in [0.4, 0.5) is 5.69 Å². The molecule has 0 radical (unpaired) electrons. The molecule has 1 saturated heterocycles. The largest absolute Gasteiger partial charge is 0.478 e. The zero-order valence-electron chi connectivity index (χ0n) is 17.0. The number of aliphatic carboxylic acids is 2. The van der Waals surface area contributed by atoms with E-state index in [1.807, 2.05) is 25.1 Å². The van der Waals surface area contributed by atoms with Crippen molar-refractivity contribution in [2.24, 2.45) is 5.92 Å². The summed E-state index contributed by atoms with van der Waals surface area (Å²) in [4.78, 5) is 44.8. The first kappa shape index (κ1) is 23.9. The molecule has 1 heterocycles. The first-order valence-electron chi connectivity index (χ1n) is 9.66. The van der Waals surface area contributed by atoms with E-state index < -0.39 is 17.9 Å². The highest BCUT2D eigenvalue weighted by Gasteiger charge is 2.39. The van der Waals surface area contributed by atoms with Crippen LogP contribution in [0.5, 0.6) is 0 Å². The summed E-state index contributed by atoms with van der Waals surface area (Å²) in [7, 11) is 0. The lowest BCUT2D eigenvalue weighted by molar-refractivity contribution is -0.136. The number of rotatable bonds is 8. The van der Waals surface area contributed by atoms with Crippen LogP contribution in [0, 0.1) is 5.92 Å². The maximum atomic E-state index is 12.1. The molecule has 0 bridgehead atoms. The van der Waals surface area contributed by atoms with Gasteiger partial charge in [0, 0.05) is 11.1 Å². The van der Waals surface area contributed by atoms with Crippen LogP contribution in [-0.4, -0.2) is 34.0 Å². The molecule has 2 rings (SSSR count). The SMILES string of the molecule is CC/C(C(=O)O)=C(/CC)C(=O)O.CCCCC1C(=O)NN(c2ccccc2)C1=O. The fourth-order valence-corrected chi connectivity index (χ4v) is 2.93. The number of carboxylic acid groups (broad SMARTS) is 2. The maximum Gasteiger partial charge on any atom is 0.332 e. The van der Waals surface area contributed by atoms with Gasteiger partial charge in [-0.1, -0.05) is 51.8 Å². The van der Waals surface area contributed by atoms with Gasteiger partial charge in [-0.05, 0) is 31.4 Å². The van der Waals surface area contributed by atoms with E-state index in [1.165, 1.54) is 5.01 Å². The summed E-state index contributed by atoms with van der Waals surface area (Å²) in [6.07, 6.45) is 3.00. The molecule has 8 heteroatoms. The predicted molar refractivity (Wildman–Crippen MR) is 108 cm³/mol. The smallest absolute Gasteiger partial charge is 0.332 e. The first-order valence-corrected chi connectivity index (χ1v) is 9.66. The van der Waals surface area contributed by atoms with Crippen molar-refractivity contribution in [2.45, 2.75) is 52.9 Å². The van der Waals surface area contributed by atoms with Crippen LogP contribution in [0.15, 0.2) is 41.5 Å². The Morgan fingerprint density at radius 2 is 1.48 bits per heavy atom. The van der Waals surface area contributed by atoms with Crippen molar-refractivity contribution in [2.75, 3.05) is 5.01 Å². The Morgan fingerprint density at radius 3 is 1.90 bits per heavy atom. The van der Waals surface area contributed by atoms with Gasteiger partial charge in [-0.3, -0.25) is 15.0 Å². The molecule has 1 aromatic carbocycles. The third kappa shape index (κ3) is 6.44. The molecule has 0 spiro atoms. The standard InChI is InChI=1S/C13H16N2O2.C8H12O4/c1-2-3-9-11-12(16)14-15(13(11)17)10-7-5-4-6-8-10;1-3-5(7(9)10)6(4-2)8(11)12/h4-8,11H,2-3,9H2,1H3,(H,14,16);3-4H2,1-2H3,(H,9,10)(H,11,12)/b;6-5+. The van der Waals surface area contributed by atoms with Crippen LogP contribution in [-0.2, 0) is 19.2 Å². The number of carboxylic acids is 2. The van der Waals surface area contributed by atoms with E-state index in [0.717, 1.165) is 12.8 Å². The van der Waals surface area contributed by atoms with Gasteiger partial charge < -0.3 is 10.2 Å². The van der Waals surface area contributed by atoms with Crippen molar-refractivity contribution >= 4 is 29.4 Å². The highest BCUT2D eigenvalue weighted by molar-refractivity contribution is 6.14. The minimum absolute atomic E-state index is 0.00926. The number of amides is 2. The average Bonchev–Trinajstić information content (AvgIpc) is 2.98. The fourth-order valence-electron chi connectivity index (χ4n) is 2.93. The predicted octanol–water partition coefficient (Wildman–Crippen LogP) is 3.14. The minimum Gasteiger partial charge on any atom is -0.478 e. The number of hydrogen-bond acceptors (Lipinski definition) is 4. The summed E-state index contributed by atoms with van der Waals surface area (Å²) in [6, 6.07) is 9.17. The number of hydrazine groups is 1. The van der Waals surface area contributed by atoms with Gasteiger partial charge in [0.2, 0.25) is 0 Å². The third-order valence-corrected chi connectivity index (χ3v) is 4.51. The van der Waals surface area contributed by atoms with Crippen molar-refractivity contribution in [3.8, 4) is 0 Å². The van der Waals surface area contributed by atoms with E-state index in [0.29, 0.717) is 12.1 Å². The lowest BCUT2D eigenvalue weighted by atomic mass is 10.0. The topological polar surface area (TPSA) is 124 Å². The molecule has 0 aliphatic carbocycles. The molecule has 3 N–H and O–H groups in total.